The van der Waals surface area contributed by atoms with Crippen molar-refractivity contribution in [3.05, 3.63) is 29.8 Å². The Morgan fingerprint density at radius 2 is 1.86 bits per heavy atom. The SMILES string of the molecule is CCCCN(C)C(=O)NCCOc1ccc(C(C)(C)C)cc1. The first-order valence-corrected chi connectivity index (χ1v) is 8.07. The summed E-state index contributed by atoms with van der Waals surface area (Å²) in [6, 6.07) is 8.10. The lowest BCUT2D eigenvalue weighted by Gasteiger charge is -2.19. The lowest BCUT2D eigenvalue weighted by Crippen LogP contribution is -2.39. The lowest BCUT2D eigenvalue weighted by molar-refractivity contribution is 0.204. The average Bonchev–Trinajstić information content (AvgIpc) is 2.48. The third kappa shape index (κ3) is 6.37. The predicted octanol–water partition coefficient (Wildman–Crippen LogP) is 3.80. The Labute approximate surface area is 134 Å². The van der Waals surface area contributed by atoms with Gasteiger partial charge >= 0.3 is 6.03 Å². The summed E-state index contributed by atoms with van der Waals surface area (Å²) in [6.07, 6.45) is 2.12. The molecular weight excluding hydrogens is 276 g/mol. The minimum absolute atomic E-state index is 0.0415. The van der Waals surface area contributed by atoms with Crippen LogP contribution in [0.4, 0.5) is 4.79 Å². The number of carbonyl (C=O) groups excluding carboxylic acids is 1. The Kier molecular flexibility index (Phi) is 7.22. The lowest BCUT2D eigenvalue weighted by atomic mass is 9.87. The zero-order chi connectivity index (χ0) is 16.6. The monoisotopic (exact) mass is 306 g/mol. The van der Waals surface area contributed by atoms with Crippen LogP contribution >= 0.6 is 0 Å². The zero-order valence-electron chi connectivity index (χ0n) is 14.6. The molecule has 0 atom stereocenters. The summed E-state index contributed by atoms with van der Waals surface area (Å²) in [4.78, 5) is 13.5. The fourth-order valence-electron chi connectivity index (χ4n) is 2.01. The van der Waals surface area contributed by atoms with Crippen molar-refractivity contribution >= 4 is 6.03 Å². The second kappa shape index (κ2) is 8.66. The summed E-state index contributed by atoms with van der Waals surface area (Å²) in [6.45, 7) is 10.5. The van der Waals surface area contributed by atoms with Gasteiger partial charge in [-0.05, 0) is 29.5 Å². The smallest absolute Gasteiger partial charge is 0.317 e. The highest BCUT2D eigenvalue weighted by Crippen LogP contribution is 2.24. The van der Waals surface area contributed by atoms with Crippen molar-refractivity contribution in [3.8, 4) is 5.75 Å². The number of hydrogen-bond acceptors (Lipinski definition) is 2. The van der Waals surface area contributed by atoms with E-state index in [0.717, 1.165) is 25.1 Å². The molecule has 1 rings (SSSR count). The Balaban J connectivity index is 2.28. The maximum Gasteiger partial charge on any atom is 0.317 e. The number of benzene rings is 1. The quantitative estimate of drug-likeness (QED) is 0.778. The summed E-state index contributed by atoms with van der Waals surface area (Å²) in [5, 5.41) is 2.86. The van der Waals surface area contributed by atoms with E-state index in [1.165, 1.54) is 5.56 Å². The van der Waals surface area contributed by atoms with Gasteiger partial charge in [0.05, 0.1) is 6.54 Å². The molecule has 0 aliphatic carbocycles. The number of nitrogens with one attached hydrogen (secondary N) is 1. The van der Waals surface area contributed by atoms with Crippen molar-refractivity contribution in [1.29, 1.82) is 0 Å². The maximum absolute atomic E-state index is 11.8. The molecule has 0 aliphatic heterocycles. The predicted molar refractivity (Wildman–Crippen MR) is 91.6 cm³/mol. The molecule has 0 bridgehead atoms. The first-order chi connectivity index (χ1) is 10.3. The van der Waals surface area contributed by atoms with Crippen molar-refractivity contribution in [1.82, 2.24) is 10.2 Å². The molecule has 0 spiro atoms. The van der Waals surface area contributed by atoms with Crippen LogP contribution in [0, 0.1) is 0 Å². The molecule has 0 heterocycles. The second-order valence-corrected chi connectivity index (χ2v) is 6.63. The van der Waals surface area contributed by atoms with Crippen LogP contribution in [-0.4, -0.2) is 37.7 Å². The van der Waals surface area contributed by atoms with Gasteiger partial charge in [0.25, 0.3) is 0 Å². The number of carbonyl (C=O) groups is 1. The number of hydrogen-bond donors (Lipinski definition) is 1. The average molecular weight is 306 g/mol. The van der Waals surface area contributed by atoms with E-state index < -0.39 is 0 Å². The molecule has 22 heavy (non-hydrogen) atoms. The van der Waals surface area contributed by atoms with Gasteiger partial charge in [-0.3, -0.25) is 0 Å². The summed E-state index contributed by atoms with van der Waals surface area (Å²) in [7, 11) is 1.82. The summed E-state index contributed by atoms with van der Waals surface area (Å²) in [5.74, 6) is 0.835. The first-order valence-electron chi connectivity index (χ1n) is 8.07. The Bertz CT molecular complexity index is 449. The van der Waals surface area contributed by atoms with Crippen molar-refractivity contribution in [2.45, 2.75) is 46.0 Å². The summed E-state index contributed by atoms with van der Waals surface area (Å²) in [5.41, 5.74) is 1.43. The highest BCUT2D eigenvalue weighted by Gasteiger charge is 2.13. The molecule has 1 N–H and O–H groups in total. The van der Waals surface area contributed by atoms with Gasteiger partial charge < -0.3 is 15.0 Å². The minimum atomic E-state index is -0.0415. The molecule has 0 saturated heterocycles. The normalized spacial score (nSPS) is 11.1. The molecule has 0 fully saturated rings. The van der Waals surface area contributed by atoms with Crippen LogP contribution < -0.4 is 10.1 Å². The number of amides is 2. The van der Waals surface area contributed by atoms with E-state index in [9.17, 15) is 4.79 Å². The molecule has 4 heteroatoms. The minimum Gasteiger partial charge on any atom is -0.492 e. The van der Waals surface area contributed by atoms with Crippen LogP contribution in [0.2, 0.25) is 0 Å². The van der Waals surface area contributed by atoms with Gasteiger partial charge in [-0.25, -0.2) is 4.79 Å². The van der Waals surface area contributed by atoms with E-state index in [1.807, 2.05) is 19.2 Å². The number of rotatable bonds is 7. The number of urea groups is 1. The molecule has 4 nitrogen and oxygen atoms in total. The van der Waals surface area contributed by atoms with Gasteiger partial charge in [-0.1, -0.05) is 46.2 Å². The molecular formula is C18H30N2O2. The first kappa shape index (κ1) is 18.3. The van der Waals surface area contributed by atoms with Gasteiger partial charge in [-0.15, -0.1) is 0 Å². The van der Waals surface area contributed by atoms with Crippen LogP contribution in [0.15, 0.2) is 24.3 Å². The van der Waals surface area contributed by atoms with Crippen LogP contribution in [-0.2, 0) is 5.41 Å². The van der Waals surface area contributed by atoms with E-state index in [2.05, 4.69) is 45.1 Å². The van der Waals surface area contributed by atoms with Crippen molar-refractivity contribution in [2.24, 2.45) is 0 Å². The summed E-state index contributed by atoms with van der Waals surface area (Å²) < 4.78 is 5.65. The van der Waals surface area contributed by atoms with Crippen LogP contribution in [0.25, 0.3) is 0 Å². The number of unbranched alkanes of at least 4 members (excludes halogenated alkanes) is 1. The Morgan fingerprint density at radius 1 is 1.23 bits per heavy atom. The van der Waals surface area contributed by atoms with Gasteiger partial charge in [-0.2, -0.15) is 0 Å². The van der Waals surface area contributed by atoms with E-state index in [4.69, 9.17) is 4.74 Å². The standard InChI is InChI=1S/C18H30N2O2/c1-6-7-13-20(5)17(21)19-12-14-22-16-10-8-15(9-11-16)18(2,3)4/h8-11H,6-7,12-14H2,1-5H3,(H,19,21). The molecule has 0 aromatic heterocycles. The molecule has 0 unspecified atom stereocenters. The van der Waals surface area contributed by atoms with Gasteiger partial charge in [0.2, 0.25) is 0 Å². The van der Waals surface area contributed by atoms with E-state index >= 15 is 0 Å². The van der Waals surface area contributed by atoms with E-state index in [1.54, 1.807) is 4.90 Å². The van der Waals surface area contributed by atoms with Crippen molar-refractivity contribution in [2.75, 3.05) is 26.7 Å². The molecule has 1 aromatic carbocycles. The number of nitrogens with zero attached hydrogens (tertiary/aromatic N) is 1. The van der Waals surface area contributed by atoms with Crippen molar-refractivity contribution in [3.63, 3.8) is 0 Å². The zero-order valence-corrected chi connectivity index (χ0v) is 14.6. The van der Waals surface area contributed by atoms with Gasteiger partial charge in [0, 0.05) is 13.6 Å². The van der Waals surface area contributed by atoms with Crippen LogP contribution in [0.5, 0.6) is 5.75 Å². The van der Waals surface area contributed by atoms with Crippen molar-refractivity contribution < 1.29 is 9.53 Å². The number of ether oxygens (including phenoxy) is 1. The fraction of sp³-hybridized carbons (Fsp3) is 0.611. The highest BCUT2D eigenvalue weighted by atomic mass is 16.5. The fourth-order valence-corrected chi connectivity index (χ4v) is 2.01. The van der Waals surface area contributed by atoms with Gasteiger partial charge in [0.1, 0.15) is 12.4 Å². The third-order valence-electron chi connectivity index (χ3n) is 3.56. The van der Waals surface area contributed by atoms with E-state index in [-0.39, 0.29) is 11.4 Å². The van der Waals surface area contributed by atoms with Gasteiger partial charge in [0.15, 0.2) is 0 Å². The van der Waals surface area contributed by atoms with Crippen LogP contribution in [0.3, 0.4) is 0 Å². The maximum atomic E-state index is 11.8. The Morgan fingerprint density at radius 3 is 2.41 bits per heavy atom. The molecule has 0 radical (unpaired) electrons. The molecule has 0 aliphatic rings. The largest absolute Gasteiger partial charge is 0.492 e. The van der Waals surface area contributed by atoms with Crippen LogP contribution in [0.1, 0.15) is 46.1 Å². The molecule has 124 valence electrons. The topological polar surface area (TPSA) is 41.6 Å². The molecule has 2 amide bonds. The molecule has 1 aromatic rings. The van der Waals surface area contributed by atoms with E-state index in [0.29, 0.717) is 13.2 Å². The second-order valence-electron chi connectivity index (χ2n) is 6.63. The molecule has 0 saturated carbocycles. The highest BCUT2D eigenvalue weighted by molar-refractivity contribution is 5.73. The Hall–Kier alpha value is -1.71. The summed E-state index contributed by atoms with van der Waals surface area (Å²) >= 11 is 0. The third-order valence-corrected chi connectivity index (χ3v) is 3.56.